The molecule has 2 aromatic carbocycles. The van der Waals surface area contributed by atoms with Crippen molar-refractivity contribution in [3.8, 4) is 11.5 Å². The summed E-state index contributed by atoms with van der Waals surface area (Å²) >= 11 is 0. The first-order valence-electron chi connectivity index (χ1n) is 6.02. The van der Waals surface area contributed by atoms with Crippen LogP contribution in [-0.4, -0.2) is 15.1 Å². The summed E-state index contributed by atoms with van der Waals surface area (Å²) in [5, 5.41) is 32.7. The van der Waals surface area contributed by atoms with E-state index in [9.17, 15) is 20.3 Å². The smallest absolute Gasteiger partial charge is 0.269 e. The number of phenolic OH excluding ortho intramolecular Hbond substituents is 2. The molecule has 2 rings (SSSR count). The molecule has 0 amide bonds. The largest absolute Gasteiger partial charge is 0.504 e. The summed E-state index contributed by atoms with van der Waals surface area (Å²) in [7, 11) is 0. The van der Waals surface area contributed by atoms with Gasteiger partial charge >= 0.3 is 0 Å². The van der Waals surface area contributed by atoms with Crippen LogP contribution in [0.3, 0.4) is 0 Å². The number of para-hydroxylation sites is 1. The van der Waals surface area contributed by atoms with Crippen molar-refractivity contribution in [2.45, 2.75) is 13.1 Å². The zero-order valence-corrected chi connectivity index (χ0v) is 10.6. The number of non-ortho nitro benzene ring substituents is 1. The minimum absolute atomic E-state index is 0.0458. The van der Waals surface area contributed by atoms with Crippen molar-refractivity contribution in [2.24, 2.45) is 0 Å². The lowest BCUT2D eigenvalue weighted by atomic mass is 10.1. The summed E-state index contributed by atoms with van der Waals surface area (Å²) in [6.45, 7) is 0.777. The van der Waals surface area contributed by atoms with Gasteiger partial charge in [0.2, 0.25) is 0 Å². The lowest BCUT2D eigenvalue weighted by Gasteiger charge is -2.08. The van der Waals surface area contributed by atoms with Crippen molar-refractivity contribution < 1.29 is 15.1 Å². The van der Waals surface area contributed by atoms with Crippen molar-refractivity contribution in [1.82, 2.24) is 5.32 Å². The first-order valence-corrected chi connectivity index (χ1v) is 6.02. The van der Waals surface area contributed by atoms with E-state index in [0.29, 0.717) is 18.7 Å². The van der Waals surface area contributed by atoms with Gasteiger partial charge in [-0.1, -0.05) is 24.3 Å². The number of rotatable bonds is 5. The highest BCUT2D eigenvalue weighted by Crippen LogP contribution is 2.27. The quantitative estimate of drug-likeness (QED) is 0.441. The molecule has 0 saturated carbocycles. The minimum Gasteiger partial charge on any atom is -0.504 e. The fourth-order valence-corrected chi connectivity index (χ4v) is 1.84. The van der Waals surface area contributed by atoms with Crippen molar-refractivity contribution in [3.63, 3.8) is 0 Å². The third-order valence-electron chi connectivity index (χ3n) is 2.86. The number of phenols is 2. The molecule has 0 fully saturated rings. The van der Waals surface area contributed by atoms with E-state index in [4.69, 9.17) is 0 Å². The number of nitro benzene ring substituents is 1. The fourth-order valence-electron chi connectivity index (χ4n) is 1.84. The van der Waals surface area contributed by atoms with E-state index in [-0.39, 0.29) is 17.2 Å². The Bertz CT molecular complexity index is 628. The van der Waals surface area contributed by atoms with Gasteiger partial charge in [-0.2, -0.15) is 0 Å². The number of nitro groups is 1. The van der Waals surface area contributed by atoms with Gasteiger partial charge < -0.3 is 15.5 Å². The molecule has 3 N–H and O–H groups in total. The van der Waals surface area contributed by atoms with Gasteiger partial charge in [-0.05, 0) is 11.6 Å². The third kappa shape index (κ3) is 3.24. The highest BCUT2D eigenvalue weighted by Gasteiger charge is 2.07. The Kier molecular flexibility index (Phi) is 4.17. The van der Waals surface area contributed by atoms with Crippen LogP contribution >= 0.6 is 0 Å². The number of benzene rings is 2. The molecule has 0 aromatic heterocycles. The minimum atomic E-state index is -0.440. The van der Waals surface area contributed by atoms with E-state index in [2.05, 4.69) is 5.32 Å². The van der Waals surface area contributed by atoms with Crippen LogP contribution in [0.1, 0.15) is 11.1 Å². The van der Waals surface area contributed by atoms with E-state index in [1.54, 1.807) is 24.3 Å². The summed E-state index contributed by atoms with van der Waals surface area (Å²) in [6.07, 6.45) is 0. The Labute approximate surface area is 115 Å². The normalized spacial score (nSPS) is 10.4. The van der Waals surface area contributed by atoms with Gasteiger partial charge in [-0.3, -0.25) is 10.1 Å². The van der Waals surface area contributed by atoms with Crippen molar-refractivity contribution in [1.29, 1.82) is 0 Å². The summed E-state index contributed by atoms with van der Waals surface area (Å²) in [4.78, 5) is 10.2. The zero-order valence-electron chi connectivity index (χ0n) is 10.6. The van der Waals surface area contributed by atoms with Crippen molar-refractivity contribution in [3.05, 3.63) is 63.7 Å². The van der Waals surface area contributed by atoms with E-state index >= 15 is 0 Å². The molecule has 0 atom stereocenters. The number of aromatic hydroxyl groups is 2. The molecule has 0 unspecified atom stereocenters. The molecule has 0 aliphatic heterocycles. The van der Waals surface area contributed by atoms with Crippen LogP contribution in [0.2, 0.25) is 0 Å². The van der Waals surface area contributed by atoms with Crippen molar-refractivity contribution >= 4 is 5.69 Å². The van der Waals surface area contributed by atoms with Crippen LogP contribution < -0.4 is 5.32 Å². The molecule has 0 aliphatic rings. The van der Waals surface area contributed by atoms with E-state index < -0.39 is 4.92 Å². The standard InChI is InChI=1S/C14H14N2O4/c17-13-6-2-4-11(14(13)18)9-15-8-10-3-1-5-12(7-10)16(19)20/h1-7,15,17-18H,8-9H2. The first kappa shape index (κ1) is 13.8. The number of hydrogen-bond donors (Lipinski definition) is 3. The molecule has 0 bridgehead atoms. The Morgan fingerprint density at radius 2 is 1.85 bits per heavy atom. The van der Waals surface area contributed by atoms with Gasteiger partial charge in [0.25, 0.3) is 5.69 Å². The summed E-state index contributed by atoms with van der Waals surface area (Å²) in [5.41, 5.74) is 1.39. The Hall–Kier alpha value is -2.60. The second-order valence-electron chi connectivity index (χ2n) is 4.32. The fraction of sp³-hybridized carbons (Fsp3) is 0.143. The predicted octanol–water partition coefficient (Wildman–Crippen LogP) is 2.30. The topological polar surface area (TPSA) is 95.6 Å². The number of hydrogen-bond acceptors (Lipinski definition) is 5. The molecule has 0 heterocycles. The van der Waals surface area contributed by atoms with E-state index in [1.807, 2.05) is 0 Å². The molecule has 0 spiro atoms. The Balaban J connectivity index is 1.98. The van der Waals surface area contributed by atoms with Gasteiger partial charge in [0.1, 0.15) is 0 Å². The molecule has 20 heavy (non-hydrogen) atoms. The van der Waals surface area contributed by atoms with Crippen LogP contribution in [0.15, 0.2) is 42.5 Å². The number of nitrogens with zero attached hydrogens (tertiary/aromatic N) is 1. The van der Waals surface area contributed by atoms with Gasteiger partial charge in [-0.15, -0.1) is 0 Å². The summed E-state index contributed by atoms with van der Waals surface area (Å²) in [5.74, 6) is -0.321. The monoisotopic (exact) mass is 274 g/mol. The van der Waals surface area contributed by atoms with E-state index in [1.165, 1.54) is 18.2 Å². The average Bonchev–Trinajstić information content (AvgIpc) is 2.44. The van der Waals surface area contributed by atoms with Crippen LogP contribution in [0, 0.1) is 10.1 Å². The van der Waals surface area contributed by atoms with Gasteiger partial charge in [0.15, 0.2) is 11.5 Å². The maximum atomic E-state index is 10.7. The molecule has 0 saturated heterocycles. The first-order chi connectivity index (χ1) is 9.58. The average molecular weight is 274 g/mol. The third-order valence-corrected chi connectivity index (χ3v) is 2.86. The molecular formula is C14H14N2O4. The molecule has 0 aliphatic carbocycles. The highest BCUT2D eigenvalue weighted by atomic mass is 16.6. The molecule has 0 radical (unpaired) electrons. The molecular weight excluding hydrogens is 260 g/mol. The molecule has 104 valence electrons. The SMILES string of the molecule is O=[N+]([O-])c1cccc(CNCc2cccc(O)c2O)c1. The summed E-state index contributed by atoms with van der Waals surface area (Å²) < 4.78 is 0. The van der Waals surface area contributed by atoms with Crippen LogP contribution in [0.5, 0.6) is 11.5 Å². The van der Waals surface area contributed by atoms with Gasteiger partial charge in [0.05, 0.1) is 4.92 Å². The van der Waals surface area contributed by atoms with Crippen LogP contribution in [0.4, 0.5) is 5.69 Å². The van der Waals surface area contributed by atoms with E-state index in [0.717, 1.165) is 5.56 Å². The lowest BCUT2D eigenvalue weighted by Crippen LogP contribution is -2.12. The zero-order chi connectivity index (χ0) is 14.5. The Morgan fingerprint density at radius 1 is 1.10 bits per heavy atom. The molecule has 6 nitrogen and oxygen atoms in total. The molecule has 6 heteroatoms. The van der Waals surface area contributed by atoms with Crippen LogP contribution in [-0.2, 0) is 13.1 Å². The van der Waals surface area contributed by atoms with Crippen LogP contribution in [0.25, 0.3) is 0 Å². The van der Waals surface area contributed by atoms with Crippen molar-refractivity contribution in [2.75, 3.05) is 0 Å². The second kappa shape index (κ2) is 6.03. The maximum Gasteiger partial charge on any atom is 0.269 e. The molecule has 2 aromatic rings. The maximum absolute atomic E-state index is 10.7. The Morgan fingerprint density at radius 3 is 2.60 bits per heavy atom. The second-order valence-corrected chi connectivity index (χ2v) is 4.32. The van der Waals surface area contributed by atoms with Gasteiger partial charge in [0, 0.05) is 30.8 Å². The predicted molar refractivity (Wildman–Crippen MR) is 73.4 cm³/mol. The lowest BCUT2D eigenvalue weighted by molar-refractivity contribution is -0.384. The number of nitrogens with one attached hydrogen (secondary N) is 1. The van der Waals surface area contributed by atoms with Gasteiger partial charge in [-0.25, -0.2) is 0 Å². The highest BCUT2D eigenvalue weighted by molar-refractivity contribution is 5.44. The summed E-state index contributed by atoms with van der Waals surface area (Å²) in [6, 6.07) is 11.1.